The van der Waals surface area contributed by atoms with Crippen LogP contribution < -0.4 is 24.8 Å². The largest absolute Gasteiger partial charge is 0.495 e. The second kappa shape index (κ2) is 13.1. The summed E-state index contributed by atoms with van der Waals surface area (Å²) in [4.78, 5) is 27.0. The van der Waals surface area contributed by atoms with Crippen LogP contribution in [0.2, 0.25) is 0 Å². The number of piperidine rings is 1. The van der Waals surface area contributed by atoms with Crippen molar-refractivity contribution in [1.82, 2.24) is 30.0 Å². The predicted octanol–water partition coefficient (Wildman–Crippen LogP) is 5.82. The number of rotatable bonds is 10. The Labute approximate surface area is 261 Å². The molecule has 1 aliphatic rings. The van der Waals surface area contributed by atoms with E-state index in [2.05, 4.69) is 42.4 Å². The number of carbonyl (C=O) groups is 1. The molecule has 0 radical (unpaired) electrons. The zero-order valence-electron chi connectivity index (χ0n) is 24.5. The van der Waals surface area contributed by atoms with E-state index in [1.54, 1.807) is 41.7 Å². The molecule has 1 fully saturated rings. The van der Waals surface area contributed by atoms with Crippen LogP contribution in [0.15, 0.2) is 66.8 Å². The van der Waals surface area contributed by atoms with Crippen molar-refractivity contribution in [3.63, 3.8) is 0 Å². The Bertz CT molecular complexity index is 1840. The molecule has 230 valence electrons. The summed E-state index contributed by atoms with van der Waals surface area (Å²) < 4.78 is 31.8. The number of benzene rings is 2. The van der Waals surface area contributed by atoms with Crippen molar-refractivity contribution in [3.05, 3.63) is 72.6 Å². The molecule has 5 aromatic rings. The molecular formula is C31H29FN8O4S. The van der Waals surface area contributed by atoms with Crippen LogP contribution in [-0.4, -0.2) is 69.3 Å². The fourth-order valence-electron chi connectivity index (χ4n) is 4.93. The Kier molecular flexibility index (Phi) is 8.64. The second-order valence-electron chi connectivity index (χ2n) is 10.1. The van der Waals surface area contributed by atoms with Crippen molar-refractivity contribution in [1.29, 1.82) is 0 Å². The van der Waals surface area contributed by atoms with E-state index >= 15 is 4.39 Å². The van der Waals surface area contributed by atoms with Gasteiger partial charge in [-0.15, -0.1) is 10.2 Å². The van der Waals surface area contributed by atoms with Gasteiger partial charge in [-0.2, -0.15) is 0 Å². The summed E-state index contributed by atoms with van der Waals surface area (Å²) in [7, 11) is 3.11. The number of ether oxygens (including phenoxy) is 3. The number of likely N-dealkylation sites (tertiary alicyclic amines) is 1. The van der Waals surface area contributed by atoms with Crippen LogP contribution in [0.25, 0.3) is 22.3 Å². The first kappa shape index (κ1) is 29.7. The van der Waals surface area contributed by atoms with Crippen LogP contribution in [0, 0.1) is 5.82 Å². The average Bonchev–Trinajstić information content (AvgIpc) is 3.54. The number of hydrogen-bond donors (Lipinski definition) is 2. The van der Waals surface area contributed by atoms with Crippen molar-refractivity contribution in [2.75, 3.05) is 37.9 Å². The lowest BCUT2D eigenvalue weighted by Crippen LogP contribution is -2.41. The lowest BCUT2D eigenvalue weighted by Gasteiger charge is -2.32. The monoisotopic (exact) mass is 628 g/mol. The summed E-state index contributed by atoms with van der Waals surface area (Å²) in [5.41, 5.74) is 2.73. The summed E-state index contributed by atoms with van der Waals surface area (Å²) in [5, 5.41) is 17.5. The van der Waals surface area contributed by atoms with Crippen LogP contribution in [0.1, 0.15) is 12.8 Å². The molecule has 0 spiro atoms. The number of halogens is 1. The Morgan fingerprint density at radius 3 is 2.60 bits per heavy atom. The Balaban J connectivity index is 1.17. The van der Waals surface area contributed by atoms with Gasteiger partial charge in [-0.1, -0.05) is 17.9 Å². The molecule has 0 bridgehead atoms. The minimum atomic E-state index is -0.537. The Morgan fingerprint density at radius 2 is 1.89 bits per heavy atom. The number of thiazole rings is 1. The van der Waals surface area contributed by atoms with E-state index in [9.17, 15) is 4.79 Å². The lowest BCUT2D eigenvalue weighted by molar-refractivity contribution is -0.126. The van der Waals surface area contributed by atoms with E-state index in [0.29, 0.717) is 58.0 Å². The summed E-state index contributed by atoms with van der Waals surface area (Å²) in [6.45, 7) is 4.84. The maximum atomic E-state index is 15.3. The van der Waals surface area contributed by atoms with Crippen LogP contribution >= 0.6 is 11.3 Å². The van der Waals surface area contributed by atoms with Crippen molar-refractivity contribution in [2.24, 2.45) is 0 Å². The molecule has 0 saturated carbocycles. The highest BCUT2D eigenvalue weighted by molar-refractivity contribution is 7.11. The Hall–Kier alpha value is -5.37. The molecule has 2 N–H and O–H groups in total. The van der Waals surface area contributed by atoms with Gasteiger partial charge in [0.15, 0.2) is 0 Å². The average molecular weight is 629 g/mol. The topological polar surface area (TPSA) is 137 Å². The first-order chi connectivity index (χ1) is 21.9. The van der Waals surface area contributed by atoms with Gasteiger partial charge in [0.05, 0.1) is 31.1 Å². The maximum absolute atomic E-state index is 15.3. The Morgan fingerprint density at radius 1 is 1.04 bits per heavy atom. The zero-order chi connectivity index (χ0) is 31.3. The zero-order valence-corrected chi connectivity index (χ0v) is 25.3. The molecule has 1 saturated heterocycles. The van der Waals surface area contributed by atoms with E-state index in [-0.39, 0.29) is 23.4 Å². The number of nitrogens with zero attached hydrogens (tertiary/aromatic N) is 6. The molecule has 14 heteroatoms. The number of methoxy groups -OCH3 is 2. The molecule has 1 aliphatic heterocycles. The maximum Gasteiger partial charge on any atom is 0.279 e. The fraction of sp³-hybridized carbons (Fsp3) is 0.226. The third-order valence-corrected chi connectivity index (χ3v) is 8.01. The van der Waals surface area contributed by atoms with Gasteiger partial charge < -0.3 is 29.7 Å². The number of anilines is 3. The third-order valence-electron chi connectivity index (χ3n) is 7.29. The minimum Gasteiger partial charge on any atom is -0.495 e. The first-order valence-corrected chi connectivity index (χ1v) is 14.9. The molecule has 0 atom stereocenters. The van der Waals surface area contributed by atoms with Crippen LogP contribution in [0.5, 0.6) is 22.6 Å². The second-order valence-corrected chi connectivity index (χ2v) is 10.9. The SMILES string of the molecule is C=CC(=O)N1CCC(Nc2cc3c(Nc4ccc(Oc5nc(-c6ccc(OC)nn6)cs5)cc4F)ncnc3cc2OC)CC1. The molecule has 0 unspecified atom stereocenters. The predicted molar refractivity (Wildman–Crippen MR) is 169 cm³/mol. The van der Waals surface area contributed by atoms with Gasteiger partial charge in [-0.3, -0.25) is 4.79 Å². The van der Waals surface area contributed by atoms with Crippen molar-refractivity contribution in [3.8, 4) is 34.0 Å². The highest BCUT2D eigenvalue weighted by atomic mass is 32.1. The van der Waals surface area contributed by atoms with Gasteiger partial charge in [0.25, 0.3) is 5.19 Å². The van der Waals surface area contributed by atoms with Crippen LogP contribution in [0.4, 0.5) is 21.6 Å². The van der Waals surface area contributed by atoms with Gasteiger partial charge in [0, 0.05) is 48.1 Å². The molecule has 12 nitrogen and oxygen atoms in total. The standard InChI is InChI=1S/C31H29FN8O4S/c1-4-29(41)40-11-9-18(10-12-40)35-25-14-20-24(15-27(25)42-2)33-17-34-30(20)36-22-6-5-19(13-21(22)32)44-31-37-26(16-45-31)23-7-8-28(43-3)39-38-23/h4-8,13-18,35H,1,9-12H2,2-3H3,(H,33,34,36). The quantitative estimate of drug-likeness (QED) is 0.181. The molecule has 6 rings (SSSR count). The lowest BCUT2D eigenvalue weighted by atomic mass is 10.0. The van der Waals surface area contributed by atoms with E-state index in [1.165, 1.54) is 36.9 Å². The first-order valence-electron chi connectivity index (χ1n) is 14.0. The van der Waals surface area contributed by atoms with E-state index < -0.39 is 5.82 Å². The number of hydrogen-bond acceptors (Lipinski definition) is 12. The van der Waals surface area contributed by atoms with E-state index in [0.717, 1.165) is 18.5 Å². The summed E-state index contributed by atoms with van der Waals surface area (Å²) in [6, 6.07) is 11.8. The normalized spacial score (nSPS) is 13.4. The van der Waals surface area contributed by atoms with Crippen molar-refractivity contribution in [2.45, 2.75) is 18.9 Å². The fourth-order valence-corrected chi connectivity index (χ4v) is 5.62. The summed E-state index contributed by atoms with van der Waals surface area (Å²) in [5.74, 6) is 1.13. The highest BCUT2D eigenvalue weighted by Crippen LogP contribution is 2.36. The molecule has 3 aromatic heterocycles. The van der Waals surface area contributed by atoms with E-state index in [1.807, 2.05) is 12.1 Å². The molecule has 4 heterocycles. The van der Waals surface area contributed by atoms with Gasteiger partial charge >= 0.3 is 0 Å². The van der Waals surface area contributed by atoms with Crippen LogP contribution in [-0.2, 0) is 4.79 Å². The van der Waals surface area contributed by atoms with Gasteiger partial charge in [-0.05, 0) is 43.2 Å². The number of aromatic nitrogens is 5. The van der Waals surface area contributed by atoms with Crippen LogP contribution in [0.3, 0.4) is 0 Å². The van der Waals surface area contributed by atoms with Gasteiger partial charge in [-0.25, -0.2) is 19.3 Å². The van der Waals surface area contributed by atoms with Gasteiger partial charge in [0.1, 0.15) is 40.8 Å². The number of carbonyl (C=O) groups excluding carboxylic acids is 1. The van der Waals surface area contributed by atoms with Crippen molar-refractivity contribution >= 4 is 45.3 Å². The number of nitrogens with one attached hydrogen (secondary N) is 2. The molecule has 0 aliphatic carbocycles. The molecular weight excluding hydrogens is 599 g/mol. The molecule has 45 heavy (non-hydrogen) atoms. The molecule has 2 aromatic carbocycles. The molecule has 1 amide bonds. The smallest absolute Gasteiger partial charge is 0.279 e. The minimum absolute atomic E-state index is 0.0613. The third kappa shape index (κ3) is 6.60. The van der Waals surface area contributed by atoms with E-state index in [4.69, 9.17) is 14.2 Å². The highest BCUT2D eigenvalue weighted by Gasteiger charge is 2.23. The number of fused-ring (bicyclic) bond motifs is 1. The number of amides is 1. The van der Waals surface area contributed by atoms with Gasteiger partial charge in [0.2, 0.25) is 11.8 Å². The summed E-state index contributed by atoms with van der Waals surface area (Å²) in [6.07, 6.45) is 4.30. The van der Waals surface area contributed by atoms with Crippen molar-refractivity contribution < 1.29 is 23.4 Å². The summed E-state index contributed by atoms with van der Waals surface area (Å²) >= 11 is 1.26.